The van der Waals surface area contributed by atoms with Gasteiger partial charge >= 0.3 is 0 Å². The molecule has 2 fully saturated rings. The number of aryl methyl sites for hydroxylation is 1. The zero-order valence-corrected chi connectivity index (χ0v) is 23.3. The van der Waals surface area contributed by atoms with Gasteiger partial charge in [0.15, 0.2) is 11.5 Å². The number of carbonyl (C=O) groups excluding carboxylic acids is 2. The maximum atomic E-state index is 13.4. The van der Waals surface area contributed by atoms with Crippen LogP contribution in [0.3, 0.4) is 0 Å². The normalized spacial score (nSPS) is 19.4. The predicted molar refractivity (Wildman–Crippen MR) is 147 cm³/mol. The number of hydrogen-bond donors (Lipinski definition) is 0. The van der Waals surface area contributed by atoms with E-state index in [0.717, 1.165) is 37.9 Å². The average Bonchev–Trinajstić information content (AvgIpc) is 2.99. The van der Waals surface area contributed by atoms with Crippen molar-refractivity contribution >= 4 is 11.8 Å². The highest BCUT2D eigenvalue weighted by Crippen LogP contribution is 2.40. The number of rotatable bonds is 11. The molecule has 2 aliphatic heterocycles. The number of nitrogens with zero attached hydrogens (tertiary/aromatic N) is 2. The van der Waals surface area contributed by atoms with Gasteiger partial charge in [-0.2, -0.15) is 0 Å². The molecule has 9 heteroatoms. The van der Waals surface area contributed by atoms with E-state index in [-0.39, 0.29) is 31.3 Å². The third-order valence-corrected chi connectivity index (χ3v) is 7.42. The van der Waals surface area contributed by atoms with E-state index in [9.17, 15) is 9.59 Å². The van der Waals surface area contributed by atoms with Crippen LogP contribution < -0.4 is 18.9 Å². The van der Waals surface area contributed by atoms with E-state index in [1.54, 1.807) is 26.2 Å². The number of benzene rings is 2. The second-order valence-corrected chi connectivity index (χ2v) is 10.1. The van der Waals surface area contributed by atoms with E-state index in [4.69, 9.17) is 23.7 Å². The van der Waals surface area contributed by atoms with E-state index in [1.807, 2.05) is 47.4 Å². The summed E-state index contributed by atoms with van der Waals surface area (Å²) in [5.74, 6) is 2.38. The van der Waals surface area contributed by atoms with Crippen molar-refractivity contribution < 1.29 is 33.3 Å². The third kappa shape index (κ3) is 7.15. The van der Waals surface area contributed by atoms with Gasteiger partial charge in [0.05, 0.1) is 40.9 Å². The van der Waals surface area contributed by atoms with Crippen molar-refractivity contribution in [2.75, 3.05) is 60.7 Å². The Labute approximate surface area is 230 Å². The van der Waals surface area contributed by atoms with Crippen molar-refractivity contribution in [3.63, 3.8) is 0 Å². The molecule has 2 saturated heterocycles. The Morgan fingerprint density at radius 3 is 2.28 bits per heavy atom. The standard InChI is InChI=1S/C30H40N2O7/c1-35-25-14-12-23(28(36-2)29(25)37-3)13-15-26(33)32-18-19-39-30(21-32,22-38-24-10-6-4-7-11-24)20-27(34)31-16-8-5-9-17-31/h4,6-7,10-12,14H,5,8-9,13,15-22H2,1-3H3. The smallest absolute Gasteiger partial charge is 0.225 e. The van der Waals surface area contributed by atoms with E-state index in [2.05, 4.69) is 0 Å². The molecule has 1 unspecified atom stereocenters. The van der Waals surface area contributed by atoms with E-state index < -0.39 is 5.60 Å². The van der Waals surface area contributed by atoms with Crippen LogP contribution in [0.25, 0.3) is 0 Å². The lowest BCUT2D eigenvalue weighted by molar-refractivity contribution is -0.166. The first-order chi connectivity index (χ1) is 19.0. The van der Waals surface area contributed by atoms with Gasteiger partial charge in [0, 0.05) is 26.1 Å². The van der Waals surface area contributed by atoms with Crippen LogP contribution in [0.15, 0.2) is 42.5 Å². The van der Waals surface area contributed by atoms with Crippen molar-refractivity contribution in [2.24, 2.45) is 0 Å². The summed E-state index contributed by atoms with van der Waals surface area (Å²) in [6.45, 7) is 2.82. The summed E-state index contributed by atoms with van der Waals surface area (Å²) >= 11 is 0. The molecular formula is C30H40N2O7. The number of para-hydroxylation sites is 1. The fraction of sp³-hybridized carbons (Fsp3) is 0.533. The molecule has 9 nitrogen and oxygen atoms in total. The first-order valence-corrected chi connectivity index (χ1v) is 13.6. The lowest BCUT2D eigenvalue weighted by atomic mass is 9.95. The molecule has 0 bridgehead atoms. The first kappa shape index (κ1) is 28.5. The lowest BCUT2D eigenvalue weighted by Gasteiger charge is -2.43. The molecule has 1 atom stereocenters. The highest BCUT2D eigenvalue weighted by molar-refractivity contribution is 5.79. The number of carbonyl (C=O) groups is 2. The summed E-state index contributed by atoms with van der Waals surface area (Å²) in [4.78, 5) is 30.5. The Balaban J connectivity index is 1.46. The second kappa shape index (κ2) is 13.6. The van der Waals surface area contributed by atoms with E-state index >= 15 is 0 Å². The number of piperidine rings is 1. The summed E-state index contributed by atoms with van der Waals surface area (Å²) in [6, 6.07) is 13.2. The van der Waals surface area contributed by atoms with Crippen LogP contribution in [0, 0.1) is 0 Å². The Morgan fingerprint density at radius 1 is 0.846 bits per heavy atom. The van der Waals surface area contributed by atoms with Gasteiger partial charge < -0.3 is 33.5 Å². The van der Waals surface area contributed by atoms with E-state index in [0.29, 0.717) is 49.1 Å². The highest BCUT2D eigenvalue weighted by atomic mass is 16.5. The summed E-state index contributed by atoms with van der Waals surface area (Å²) < 4.78 is 28.8. The van der Waals surface area contributed by atoms with E-state index in [1.165, 1.54) is 0 Å². The van der Waals surface area contributed by atoms with Crippen LogP contribution in [-0.4, -0.2) is 87.9 Å². The number of likely N-dealkylation sites (tertiary alicyclic amines) is 1. The Hall–Kier alpha value is -3.46. The molecule has 2 aromatic carbocycles. The number of ether oxygens (including phenoxy) is 5. The predicted octanol–water partition coefficient (Wildman–Crippen LogP) is 3.72. The molecule has 0 N–H and O–H groups in total. The average molecular weight is 541 g/mol. The van der Waals surface area contributed by atoms with Crippen LogP contribution >= 0.6 is 0 Å². The number of methoxy groups -OCH3 is 3. The van der Waals surface area contributed by atoms with Crippen LogP contribution in [0.1, 0.15) is 37.7 Å². The molecule has 0 aliphatic carbocycles. The fourth-order valence-corrected chi connectivity index (χ4v) is 5.33. The van der Waals surface area contributed by atoms with Gasteiger partial charge in [-0.15, -0.1) is 0 Å². The molecule has 0 spiro atoms. The van der Waals surface area contributed by atoms with Gasteiger partial charge in [0.1, 0.15) is 18.0 Å². The van der Waals surface area contributed by atoms with Crippen LogP contribution in [0.5, 0.6) is 23.0 Å². The lowest BCUT2D eigenvalue weighted by Crippen LogP contribution is -2.58. The van der Waals surface area contributed by atoms with Crippen molar-refractivity contribution in [3.8, 4) is 23.0 Å². The summed E-state index contributed by atoms with van der Waals surface area (Å²) in [5.41, 5.74) is -0.0602. The SMILES string of the molecule is COc1ccc(CCC(=O)N2CCOC(COc3ccccc3)(CC(=O)N3CCCCC3)C2)c(OC)c1OC. The molecule has 212 valence electrons. The number of amides is 2. The van der Waals surface area contributed by atoms with Crippen LogP contribution in [-0.2, 0) is 20.7 Å². The maximum Gasteiger partial charge on any atom is 0.225 e. The molecule has 2 heterocycles. The van der Waals surface area contributed by atoms with Gasteiger partial charge in [-0.3, -0.25) is 9.59 Å². The van der Waals surface area contributed by atoms with Gasteiger partial charge in [0.25, 0.3) is 0 Å². The second-order valence-electron chi connectivity index (χ2n) is 10.1. The number of morpholine rings is 1. The van der Waals surface area contributed by atoms with Gasteiger partial charge in [-0.25, -0.2) is 0 Å². The Kier molecular flexibility index (Phi) is 9.92. The molecule has 0 aromatic heterocycles. The van der Waals surface area contributed by atoms with Gasteiger partial charge in [-0.1, -0.05) is 24.3 Å². The van der Waals surface area contributed by atoms with Crippen molar-refractivity contribution in [1.29, 1.82) is 0 Å². The van der Waals surface area contributed by atoms with Crippen molar-refractivity contribution in [3.05, 3.63) is 48.0 Å². The first-order valence-electron chi connectivity index (χ1n) is 13.6. The van der Waals surface area contributed by atoms with Crippen LogP contribution in [0.2, 0.25) is 0 Å². The summed E-state index contributed by atoms with van der Waals surface area (Å²) in [7, 11) is 4.71. The molecule has 2 aromatic rings. The quantitative estimate of drug-likeness (QED) is 0.429. The fourth-order valence-electron chi connectivity index (χ4n) is 5.33. The minimum absolute atomic E-state index is 0.00959. The molecule has 39 heavy (non-hydrogen) atoms. The van der Waals surface area contributed by atoms with Crippen molar-refractivity contribution in [1.82, 2.24) is 9.80 Å². The zero-order valence-electron chi connectivity index (χ0n) is 23.3. The van der Waals surface area contributed by atoms with Crippen molar-refractivity contribution in [2.45, 2.75) is 44.1 Å². The monoisotopic (exact) mass is 540 g/mol. The zero-order chi connectivity index (χ0) is 27.7. The minimum atomic E-state index is -0.917. The molecule has 4 rings (SSSR count). The topological polar surface area (TPSA) is 86.8 Å². The maximum absolute atomic E-state index is 13.4. The molecule has 2 aliphatic rings. The van der Waals surface area contributed by atoms with Gasteiger partial charge in [-0.05, 0) is 49.4 Å². The summed E-state index contributed by atoms with van der Waals surface area (Å²) in [5, 5.41) is 0. The minimum Gasteiger partial charge on any atom is -0.493 e. The molecular weight excluding hydrogens is 500 g/mol. The Bertz CT molecular complexity index is 1100. The Morgan fingerprint density at radius 2 is 1.59 bits per heavy atom. The molecule has 2 amide bonds. The highest BCUT2D eigenvalue weighted by Gasteiger charge is 2.42. The third-order valence-electron chi connectivity index (χ3n) is 7.42. The number of hydrogen-bond acceptors (Lipinski definition) is 7. The van der Waals surface area contributed by atoms with Crippen LogP contribution in [0.4, 0.5) is 0 Å². The van der Waals surface area contributed by atoms with Gasteiger partial charge in [0.2, 0.25) is 17.6 Å². The summed E-state index contributed by atoms with van der Waals surface area (Å²) in [6.07, 6.45) is 4.11. The molecule has 0 radical (unpaired) electrons. The largest absolute Gasteiger partial charge is 0.493 e. The molecule has 0 saturated carbocycles.